The van der Waals surface area contributed by atoms with Crippen molar-refractivity contribution in [2.75, 3.05) is 0 Å². The molecule has 0 fully saturated rings. The normalized spacial score (nSPS) is 13.4. The van der Waals surface area contributed by atoms with E-state index in [1.54, 1.807) is 24.3 Å². The van der Waals surface area contributed by atoms with Crippen LogP contribution in [0.5, 0.6) is 0 Å². The largest absolute Gasteiger partial charge is 0.343 e. The molecule has 3 aromatic carbocycles. The Hall–Kier alpha value is -3.66. The predicted octanol–water partition coefficient (Wildman–Crippen LogP) is 4.49. The molecule has 1 aliphatic heterocycles. The third kappa shape index (κ3) is 2.70. The maximum atomic E-state index is 12.6. The lowest BCUT2D eigenvalue weighted by atomic mass is 10.1. The molecule has 2 heterocycles. The van der Waals surface area contributed by atoms with Gasteiger partial charge in [0.2, 0.25) is 0 Å². The van der Waals surface area contributed by atoms with Crippen molar-refractivity contribution in [2.24, 2.45) is 0 Å². The summed E-state index contributed by atoms with van der Waals surface area (Å²) in [6.45, 7) is 1.02. The van der Waals surface area contributed by atoms with E-state index < -0.39 is 0 Å². The molecule has 28 heavy (non-hydrogen) atoms. The molecular formula is C24H18N2O2. The van der Waals surface area contributed by atoms with Gasteiger partial charge >= 0.3 is 0 Å². The third-order valence-corrected chi connectivity index (χ3v) is 5.24. The quantitative estimate of drug-likeness (QED) is 0.500. The van der Waals surface area contributed by atoms with Crippen LogP contribution in [0.4, 0.5) is 0 Å². The van der Waals surface area contributed by atoms with Crippen molar-refractivity contribution in [1.29, 1.82) is 0 Å². The van der Waals surface area contributed by atoms with Crippen molar-refractivity contribution in [1.82, 2.24) is 9.47 Å². The summed E-state index contributed by atoms with van der Waals surface area (Å²) in [6.07, 6.45) is 2.08. The van der Waals surface area contributed by atoms with Crippen LogP contribution < -0.4 is 0 Å². The van der Waals surface area contributed by atoms with E-state index in [0.29, 0.717) is 11.1 Å². The van der Waals surface area contributed by atoms with Crippen LogP contribution in [0, 0.1) is 0 Å². The number of carbonyl (C=O) groups excluding carboxylic acids is 2. The SMILES string of the molecule is O=C1c2ccccc2C(=O)N1Cc1cccc(Cn2ccc3ccccc32)c1. The molecular weight excluding hydrogens is 348 g/mol. The molecule has 0 saturated heterocycles. The smallest absolute Gasteiger partial charge is 0.261 e. The second-order valence-corrected chi connectivity index (χ2v) is 7.06. The zero-order valence-corrected chi connectivity index (χ0v) is 15.2. The van der Waals surface area contributed by atoms with Crippen LogP contribution in [-0.4, -0.2) is 21.3 Å². The number of benzene rings is 3. The van der Waals surface area contributed by atoms with Gasteiger partial charge < -0.3 is 4.57 Å². The fourth-order valence-corrected chi connectivity index (χ4v) is 3.87. The van der Waals surface area contributed by atoms with Gasteiger partial charge in [0.25, 0.3) is 11.8 Å². The number of amides is 2. The minimum atomic E-state index is -0.220. The number of fused-ring (bicyclic) bond motifs is 2. The van der Waals surface area contributed by atoms with Gasteiger partial charge in [-0.25, -0.2) is 0 Å². The average molecular weight is 366 g/mol. The monoisotopic (exact) mass is 366 g/mol. The summed E-state index contributed by atoms with van der Waals surface area (Å²) in [7, 11) is 0. The molecule has 4 aromatic rings. The van der Waals surface area contributed by atoms with Crippen LogP contribution in [0.15, 0.2) is 85.1 Å². The Morgan fingerprint density at radius 3 is 2.04 bits per heavy atom. The van der Waals surface area contributed by atoms with Crippen molar-refractivity contribution in [3.63, 3.8) is 0 Å². The fourth-order valence-electron chi connectivity index (χ4n) is 3.87. The average Bonchev–Trinajstić information content (AvgIpc) is 3.24. The summed E-state index contributed by atoms with van der Waals surface area (Å²) in [5, 5.41) is 1.21. The van der Waals surface area contributed by atoms with Gasteiger partial charge in [-0.3, -0.25) is 14.5 Å². The summed E-state index contributed by atoms with van der Waals surface area (Å²) < 4.78 is 2.20. The Labute approximate surface area is 162 Å². The van der Waals surface area contributed by atoms with Crippen molar-refractivity contribution in [3.8, 4) is 0 Å². The van der Waals surface area contributed by atoms with E-state index in [0.717, 1.165) is 17.7 Å². The fraction of sp³-hybridized carbons (Fsp3) is 0.0833. The summed E-state index contributed by atoms with van der Waals surface area (Å²) in [5.41, 5.74) is 4.25. The first-order chi connectivity index (χ1) is 13.7. The highest BCUT2D eigenvalue weighted by Crippen LogP contribution is 2.25. The van der Waals surface area contributed by atoms with Gasteiger partial charge in [-0.15, -0.1) is 0 Å². The van der Waals surface area contributed by atoms with Gasteiger partial charge in [0.15, 0.2) is 0 Å². The van der Waals surface area contributed by atoms with Crippen LogP contribution in [0.25, 0.3) is 10.9 Å². The first-order valence-corrected chi connectivity index (χ1v) is 9.27. The molecule has 0 spiro atoms. The van der Waals surface area contributed by atoms with Gasteiger partial charge in [0, 0.05) is 18.3 Å². The van der Waals surface area contributed by atoms with E-state index in [4.69, 9.17) is 0 Å². The molecule has 0 N–H and O–H groups in total. The number of hydrogen-bond acceptors (Lipinski definition) is 2. The third-order valence-electron chi connectivity index (χ3n) is 5.24. The Balaban J connectivity index is 1.40. The molecule has 0 atom stereocenters. The van der Waals surface area contributed by atoms with Crippen LogP contribution in [-0.2, 0) is 13.1 Å². The maximum Gasteiger partial charge on any atom is 0.261 e. The number of rotatable bonds is 4. The van der Waals surface area contributed by atoms with E-state index in [1.165, 1.54) is 15.8 Å². The van der Waals surface area contributed by atoms with Gasteiger partial charge in [-0.2, -0.15) is 0 Å². The van der Waals surface area contributed by atoms with Gasteiger partial charge in [-0.05, 0) is 40.8 Å². The Morgan fingerprint density at radius 1 is 0.643 bits per heavy atom. The minimum absolute atomic E-state index is 0.220. The highest BCUT2D eigenvalue weighted by Gasteiger charge is 2.34. The lowest BCUT2D eigenvalue weighted by Gasteiger charge is -2.15. The highest BCUT2D eigenvalue weighted by atomic mass is 16.2. The molecule has 0 radical (unpaired) electrons. The van der Waals surface area contributed by atoms with Gasteiger partial charge in [0.1, 0.15) is 0 Å². The van der Waals surface area contributed by atoms with Gasteiger partial charge in [0.05, 0.1) is 17.7 Å². The number of para-hydroxylation sites is 1. The number of carbonyl (C=O) groups is 2. The van der Waals surface area contributed by atoms with Crippen LogP contribution in [0.3, 0.4) is 0 Å². The second-order valence-electron chi connectivity index (χ2n) is 7.06. The van der Waals surface area contributed by atoms with Crippen LogP contribution in [0.1, 0.15) is 31.8 Å². The molecule has 1 aromatic heterocycles. The van der Waals surface area contributed by atoms with Crippen LogP contribution >= 0.6 is 0 Å². The minimum Gasteiger partial charge on any atom is -0.343 e. The zero-order chi connectivity index (χ0) is 19.1. The highest BCUT2D eigenvalue weighted by molar-refractivity contribution is 6.21. The molecule has 2 amide bonds. The van der Waals surface area contributed by atoms with E-state index in [9.17, 15) is 9.59 Å². The van der Waals surface area contributed by atoms with E-state index in [1.807, 2.05) is 24.3 Å². The first kappa shape index (κ1) is 16.5. The Kier molecular flexibility index (Phi) is 3.83. The van der Waals surface area contributed by atoms with E-state index >= 15 is 0 Å². The summed E-state index contributed by atoms with van der Waals surface area (Å²) >= 11 is 0. The topological polar surface area (TPSA) is 42.3 Å². The van der Waals surface area contributed by atoms with Crippen molar-refractivity contribution >= 4 is 22.7 Å². The molecule has 0 bridgehead atoms. The lowest BCUT2D eigenvalue weighted by molar-refractivity contribution is 0.0642. The summed E-state index contributed by atoms with van der Waals surface area (Å²) in [5.74, 6) is -0.440. The van der Waals surface area contributed by atoms with E-state index in [-0.39, 0.29) is 18.4 Å². The molecule has 1 aliphatic rings. The van der Waals surface area contributed by atoms with E-state index in [2.05, 4.69) is 41.1 Å². The standard InChI is InChI=1S/C24H18N2O2/c27-23-20-9-2-3-10-21(20)24(28)26(23)16-18-7-5-6-17(14-18)15-25-13-12-19-8-1-4-11-22(19)25/h1-14H,15-16H2. The molecule has 0 unspecified atom stereocenters. The van der Waals surface area contributed by atoms with Crippen molar-refractivity contribution in [2.45, 2.75) is 13.1 Å². The molecule has 0 saturated carbocycles. The molecule has 5 rings (SSSR count). The van der Waals surface area contributed by atoms with Crippen molar-refractivity contribution < 1.29 is 9.59 Å². The maximum absolute atomic E-state index is 12.6. The predicted molar refractivity (Wildman–Crippen MR) is 108 cm³/mol. The van der Waals surface area contributed by atoms with Crippen LogP contribution in [0.2, 0.25) is 0 Å². The Morgan fingerprint density at radius 2 is 1.29 bits per heavy atom. The molecule has 0 aliphatic carbocycles. The summed E-state index contributed by atoms with van der Waals surface area (Å²) in [4.78, 5) is 26.5. The van der Waals surface area contributed by atoms with Crippen molar-refractivity contribution in [3.05, 3.63) is 107 Å². The molecule has 136 valence electrons. The molecule has 4 heteroatoms. The van der Waals surface area contributed by atoms with Gasteiger partial charge in [-0.1, -0.05) is 54.6 Å². The number of nitrogens with zero attached hydrogens (tertiary/aromatic N) is 2. The Bertz CT molecular complexity index is 1190. The number of aromatic nitrogens is 1. The number of hydrogen-bond donors (Lipinski definition) is 0. The number of imide groups is 1. The lowest BCUT2D eigenvalue weighted by Crippen LogP contribution is -2.29. The second kappa shape index (κ2) is 6.50. The molecule has 4 nitrogen and oxygen atoms in total. The first-order valence-electron chi connectivity index (χ1n) is 9.27. The summed E-state index contributed by atoms with van der Waals surface area (Å²) in [6, 6.07) is 25.5. The zero-order valence-electron chi connectivity index (χ0n) is 15.2.